The second-order valence-electron chi connectivity index (χ2n) is 4.45. The Bertz CT molecular complexity index is 429. The molecule has 0 atom stereocenters. The summed E-state index contributed by atoms with van der Waals surface area (Å²) in [5, 5.41) is -0.328. The maximum atomic E-state index is 12.0. The van der Waals surface area contributed by atoms with Gasteiger partial charge in [-0.05, 0) is 37.7 Å². The molecule has 2 amide bonds. The molecule has 0 aliphatic carbocycles. The van der Waals surface area contributed by atoms with Crippen LogP contribution >= 0.6 is 11.8 Å². The molecule has 0 radical (unpaired) electrons. The molecular weight excluding hydrogens is 268 g/mol. The van der Waals surface area contributed by atoms with Crippen LogP contribution in [-0.2, 0) is 14.3 Å². The molecule has 0 unspecified atom stereocenters. The zero-order valence-electron chi connectivity index (χ0n) is 10.8. The van der Waals surface area contributed by atoms with Crippen LogP contribution in [0.2, 0.25) is 0 Å². The number of hydrogen-bond donors (Lipinski definition) is 0. The van der Waals surface area contributed by atoms with Gasteiger partial charge in [-0.2, -0.15) is 0 Å². The number of carbonyl (C=O) groups excluding carboxylic acids is 3. The second-order valence-corrected chi connectivity index (χ2v) is 5.45. The summed E-state index contributed by atoms with van der Waals surface area (Å²) >= 11 is 0.785. The second kappa shape index (κ2) is 6.21. The minimum Gasteiger partial charge on any atom is -0.466 e. The highest BCUT2D eigenvalue weighted by molar-refractivity contribution is 8.18. The van der Waals surface area contributed by atoms with Crippen LogP contribution in [0.1, 0.15) is 19.3 Å². The van der Waals surface area contributed by atoms with E-state index >= 15 is 0 Å². The first-order chi connectivity index (χ1) is 9.11. The topological polar surface area (TPSA) is 66.9 Å². The third kappa shape index (κ3) is 3.36. The standard InChI is InChI=1S/C12H16N2O4S/c1-18-10(15)7-9-11(16)14(12(17)19-9)8-13-5-3-2-4-6-13/h7H,2-6,8H2,1H3/b9-7-. The highest BCUT2D eigenvalue weighted by Crippen LogP contribution is 2.30. The van der Waals surface area contributed by atoms with Gasteiger partial charge in [0, 0.05) is 6.08 Å². The quantitative estimate of drug-likeness (QED) is 0.573. The van der Waals surface area contributed by atoms with Gasteiger partial charge in [-0.1, -0.05) is 6.42 Å². The van der Waals surface area contributed by atoms with Gasteiger partial charge in [0.1, 0.15) is 0 Å². The number of methoxy groups -OCH3 is 1. The van der Waals surface area contributed by atoms with Crippen molar-refractivity contribution in [2.75, 3.05) is 26.9 Å². The number of hydrogen-bond acceptors (Lipinski definition) is 6. The maximum Gasteiger partial charge on any atom is 0.331 e. The van der Waals surface area contributed by atoms with Crippen molar-refractivity contribution in [1.82, 2.24) is 9.80 Å². The molecule has 2 aliphatic heterocycles. The van der Waals surface area contributed by atoms with E-state index in [0.717, 1.165) is 43.8 Å². The van der Waals surface area contributed by atoms with E-state index in [2.05, 4.69) is 9.64 Å². The predicted octanol–water partition coefficient (Wildman–Crippen LogP) is 1.18. The minimum absolute atomic E-state index is 0.133. The van der Waals surface area contributed by atoms with Crippen molar-refractivity contribution in [1.29, 1.82) is 0 Å². The summed E-state index contributed by atoms with van der Waals surface area (Å²) in [7, 11) is 1.23. The number of likely N-dealkylation sites (tertiary alicyclic amines) is 1. The largest absolute Gasteiger partial charge is 0.466 e. The molecule has 2 fully saturated rings. The molecule has 2 heterocycles. The predicted molar refractivity (Wildman–Crippen MR) is 70.2 cm³/mol. The molecule has 6 nitrogen and oxygen atoms in total. The van der Waals surface area contributed by atoms with Crippen molar-refractivity contribution in [3.05, 3.63) is 11.0 Å². The Morgan fingerprint density at radius 3 is 2.63 bits per heavy atom. The Hall–Kier alpha value is -1.34. The fourth-order valence-electron chi connectivity index (χ4n) is 2.09. The third-order valence-electron chi connectivity index (χ3n) is 3.11. The van der Waals surface area contributed by atoms with Crippen LogP contribution in [0.5, 0.6) is 0 Å². The van der Waals surface area contributed by atoms with Gasteiger partial charge in [0.25, 0.3) is 11.1 Å². The van der Waals surface area contributed by atoms with Gasteiger partial charge in [-0.3, -0.25) is 19.4 Å². The minimum atomic E-state index is -0.622. The highest BCUT2D eigenvalue weighted by atomic mass is 32.2. The molecular formula is C12H16N2O4S. The first-order valence-electron chi connectivity index (χ1n) is 6.17. The summed E-state index contributed by atoms with van der Waals surface area (Å²) in [6.07, 6.45) is 4.45. The normalized spacial score (nSPS) is 23.2. The van der Waals surface area contributed by atoms with Crippen LogP contribution in [0.4, 0.5) is 4.79 Å². The van der Waals surface area contributed by atoms with Crippen LogP contribution in [0.25, 0.3) is 0 Å². The number of carbonyl (C=O) groups is 3. The first-order valence-corrected chi connectivity index (χ1v) is 6.99. The van der Waals surface area contributed by atoms with Crippen LogP contribution in [0.3, 0.4) is 0 Å². The Morgan fingerprint density at radius 2 is 2.00 bits per heavy atom. The van der Waals surface area contributed by atoms with Gasteiger partial charge >= 0.3 is 5.97 Å². The average Bonchev–Trinajstić information content (AvgIpc) is 2.67. The van der Waals surface area contributed by atoms with Crippen molar-refractivity contribution >= 4 is 28.9 Å². The molecule has 0 aromatic heterocycles. The molecule has 0 spiro atoms. The summed E-state index contributed by atoms with van der Waals surface area (Å²) < 4.78 is 4.46. The van der Waals surface area contributed by atoms with E-state index in [-0.39, 0.29) is 10.1 Å². The molecule has 2 saturated heterocycles. The Kier molecular flexibility index (Phi) is 4.60. The summed E-state index contributed by atoms with van der Waals surface area (Å²) in [6.45, 7) is 2.11. The summed E-state index contributed by atoms with van der Waals surface area (Å²) in [4.78, 5) is 38.3. The number of piperidine rings is 1. The van der Waals surface area contributed by atoms with E-state index in [9.17, 15) is 14.4 Å². The van der Waals surface area contributed by atoms with Crippen molar-refractivity contribution < 1.29 is 19.1 Å². The molecule has 0 bridgehead atoms. The molecule has 0 N–H and O–H groups in total. The van der Waals surface area contributed by atoms with E-state index in [0.29, 0.717) is 6.67 Å². The monoisotopic (exact) mass is 284 g/mol. The fraction of sp³-hybridized carbons (Fsp3) is 0.583. The smallest absolute Gasteiger partial charge is 0.331 e. The number of ether oxygens (including phenoxy) is 1. The zero-order valence-corrected chi connectivity index (χ0v) is 11.6. The average molecular weight is 284 g/mol. The molecule has 7 heteroatoms. The van der Waals surface area contributed by atoms with Crippen molar-refractivity contribution in [3.8, 4) is 0 Å². The molecule has 19 heavy (non-hydrogen) atoms. The molecule has 0 saturated carbocycles. The number of thioether (sulfide) groups is 1. The van der Waals surface area contributed by atoms with Gasteiger partial charge in [-0.25, -0.2) is 4.79 Å². The zero-order chi connectivity index (χ0) is 13.8. The van der Waals surface area contributed by atoms with Gasteiger partial charge in [0.05, 0.1) is 18.7 Å². The van der Waals surface area contributed by atoms with Crippen molar-refractivity contribution in [2.45, 2.75) is 19.3 Å². The molecule has 0 aromatic carbocycles. The van der Waals surface area contributed by atoms with E-state index in [1.807, 2.05) is 0 Å². The van der Waals surface area contributed by atoms with Crippen molar-refractivity contribution in [3.63, 3.8) is 0 Å². The number of nitrogens with zero attached hydrogens (tertiary/aromatic N) is 2. The third-order valence-corrected chi connectivity index (χ3v) is 4.02. The van der Waals surface area contributed by atoms with Gasteiger partial charge in [0.2, 0.25) is 0 Å². The summed E-state index contributed by atoms with van der Waals surface area (Å²) in [5.74, 6) is -1.03. The molecule has 2 aliphatic rings. The summed E-state index contributed by atoms with van der Waals surface area (Å²) in [5.41, 5.74) is 0. The maximum absolute atomic E-state index is 12.0. The first kappa shape index (κ1) is 14.1. The molecule has 2 rings (SSSR count). The van der Waals surface area contributed by atoms with Crippen LogP contribution < -0.4 is 0 Å². The lowest BCUT2D eigenvalue weighted by molar-refractivity contribution is -0.135. The van der Waals surface area contributed by atoms with E-state index in [1.165, 1.54) is 18.4 Å². The van der Waals surface area contributed by atoms with E-state index in [4.69, 9.17) is 0 Å². The van der Waals surface area contributed by atoms with Gasteiger partial charge in [-0.15, -0.1) is 0 Å². The molecule has 104 valence electrons. The van der Waals surface area contributed by atoms with E-state index < -0.39 is 11.9 Å². The number of amides is 2. The van der Waals surface area contributed by atoms with Crippen LogP contribution in [0, 0.1) is 0 Å². The number of imide groups is 1. The number of rotatable bonds is 3. The Labute approximate surface area is 115 Å². The lowest BCUT2D eigenvalue weighted by Crippen LogP contribution is -2.42. The SMILES string of the molecule is COC(=O)/C=C1\SC(=O)N(CN2CCCCC2)C1=O. The lowest BCUT2D eigenvalue weighted by Gasteiger charge is -2.29. The summed E-state index contributed by atoms with van der Waals surface area (Å²) in [6, 6.07) is 0. The number of esters is 1. The van der Waals surface area contributed by atoms with Crippen LogP contribution in [0.15, 0.2) is 11.0 Å². The van der Waals surface area contributed by atoms with E-state index in [1.54, 1.807) is 0 Å². The molecule has 0 aromatic rings. The lowest BCUT2D eigenvalue weighted by atomic mass is 10.1. The van der Waals surface area contributed by atoms with Gasteiger partial charge in [0.15, 0.2) is 0 Å². The van der Waals surface area contributed by atoms with Crippen LogP contribution in [-0.4, -0.2) is 53.8 Å². The Balaban J connectivity index is 2.01. The van der Waals surface area contributed by atoms with Crippen molar-refractivity contribution in [2.24, 2.45) is 0 Å². The Morgan fingerprint density at radius 1 is 1.32 bits per heavy atom. The fourth-order valence-corrected chi connectivity index (χ4v) is 2.88. The highest BCUT2D eigenvalue weighted by Gasteiger charge is 2.36. The van der Waals surface area contributed by atoms with Gasteiger partial charge < -0.3 is 4.74 Å².